The molecule has 0 fully saturated rings. The van der Waals surface area contributed by atoms with Gasteiger partial charge in [-0.1, -0.05) is 0 Å². The molecule has 1 heterocycles. The fraction of sp³-hybridized carbons (Fsp3) is 0.500. The highest BCUT2D eigenvalue weighted by Gasteiger charge is 2.28. The molecule has 0 aliphatic carbocycles. The number of nitrogens with one attached hydrogen (secondary N) is 3. The van der Waals surface area contributed by atoms with Crippen LogP contribution in [0.2, 0.25) is 0 Å². The largest absolute Gasteiger partial charge is 0.480 e. The number of aromatic amines is 1. The third-order valence-electron chi connectivity index (χ3n) is 3.93. The molecule has 1 rings (SSSR count). The van der Waals surface area contributed by atoms with Gasteiger partial charge in [-0.25, -0.2) is 9.78 Å². The number of imidazole rings is 1. The number of nitrogens with zero attached hydrogens (tertiary/aromatic N) is 2. The zero-order valence-electron chi connectivity index (χ0n) is 16.2. The highest BCUT2D eigenvalue weighted by atomic mass is 16.4. The molecule has 0 aromatic carbocycles. The Hall–Kier alpha value is -3.68. The van der Waals surface area contributed by atoms with Gasteiger partial charge in [-0.3, -0.25) is 19.4 Å². The third kappa shape index (κ3) is 9.01. The molecule has 0 aliphatic rings. The van der Waals surface area contributed by atoms with E-state index in [-0.39, 0.29) is 25.3 Å². The number of aliphatic carboxylic acids is 1. The van der Waals surface area contributed by atoms with E-state index < -0.39 is 48.2 Å². The second-order valence-corrected chi connectivity index (χ2v) is 6.47. The Bertz CT molecular complexity index is 761. The number of aliphatic imine (C=N–C) groups is 1. The van der Waals surface area contributed by atoms with Crippen LogP contribution < -0.4 is 33.6 Å². The van der Waals surface area contributed by atoms with Gasteiger partial charge in [-0.2, -0.15) is 0 Å². The predicted molar refractivity (Wildman–Crippen MR) is 105 cm³/mol. The fourth-order valence-corrected chi connectivity index (χ4v) is 2.45. The number of primary amides is 1. The summed E-state index contributed by atoms with van der Waals surface area (Å²) in [6.07, 6.45) is 2.88. The van der Waals surface area contributed by atoms with E-state index in [1.807, 2.05) is 0 Å². The Morgan fingerprint density at radius 2 is 1.80 bits per heavy atom. The fourth-order valence-electron chi connectivity index (χ4n) is 2.45. The molecule has 1 aromatic rings. The number of carbonyl (C=O) groups is 4. The van der Waals surface area contributed by atoms with Crippen molar-refractivity contribution in [1.29, 1.82) is 0 Å². The zero-order chi connectivity index (χ0) is 22.7. The Morgan fingerprint density at radius 3 is 2.33 bits per heavy atom. The number of amides is 3. The molecule has 0 saturated carbocycles. The van der Waals surface area contributed by atoms with E-state index in [0.29, 0.717) is 12.1 Å². The third-order valence-corrected chi connectivity index (χ3v) is 3.93. The molecule has 0 spiro atoms. The van der Waals surface area contributed by atoms with Gasteiger partial charge in [0.15, 0.2) is 5.96 Å². The van der Waals surface area contributed by atoms with E-state index in [0.717, 1.165) is 0 Å². The zero-order valence-corrected chi connectivity index (χ0v) is 16.2. The normalized spacial score (nSPS) is 13.5. The van der Waals surface area contributed by atoms with Gasteiger partial charge in [0.05, 0.1) is 18.8 Å². The molecule has 166 valence electrons. The topological polar surface area (TPSA) is 258 Å². The Morgan fingerprint density at radius 1 is 1.13 bits per heavy atom. The standard InChI is InChI=1S/C16H27N9O5/c17-9(4-8-6-21-7-23-8)13(27)24-10(2-1-3-22-16(19)20)14(28)25-11(15(29)30)5-12(18)26/h6-7,9-11H,1-5,17H2,(H2,18,26)(H,21,23)(H,24,27)(H,25,28)(H,29,30)(H4,19,20,22)/t9-,10-,11-/m0/s1. The van der Waals surface area contributed by atoms with Gasteiger partial charge in [0.25, 0.3) is 0 Å². The SMILES string of the molecule is NC(=O)C[C@H](NC(=O)[C@H](CCCN=C(N)N)NC(=O)[C@@H](N)Cc1cnc[nH]1)C(=O)O. The van der Waals surface area contributed by atoms with Crippen molar-refractivity contribution in [3.63, 3.8) is 0 Å². The quantitative estimate of drug-likeness (QED) is 0.0875. The average molecular weight is 425 g/mol. The van der Waals surface area contributed by atoms with Crippen molar-refractivity contribution in [2.75, 3.05) is 6.54 Å². The summed E-state index contributed by atoms with van der Waals surface area (Å²) < 4.78 is 0. The van der Waals surface area contributed by atoms with Crippen molar-refractivity contribution in [3.05, 3.63) is 18.2 Å². The summed E-state index contributed by atoms with van der Waals surface area (Å²) in [5.74, 6) is -3.92. The molecule has 12 N–H and O–H groups in total. The smallest absolute Gasteiger partial charge is 0.326 e. The maximum absolute atomic E-state index is 12.6. The van der Waals surface area contributed by atoms with Crippen LogP contribution in [-0.4, -0.2) is 69.4 Å². The Kier molecular flexibility index (Phi) is 9.75. The first-order valence-electron chi connectivity index (χ1n) is 9.00. The molecule has 0 saturated heterocycles. The highest BCUT2D eigenvalue weighted by Crippen LogP contribution is 2.03. The van der Waals surface area contributed by atoms with E-state index >= 15 is 0 Å². The number of aromatic nitrogens is 2. The summed E-state index contributed by atoms with van der Waals surface area (Å²) in [4.78, 5) is 57.7. The summed E-state index contributed by atoms with van der Waals surface area (Å²) in [6, 6.07) is -3.65. The lowest BCUT2D eigenvalue weighted by atomic mass is 10.1. The molecular formula is C16H27N9O5. The van der Waals surface area contributed by atoms with Crippen molar-refractivity contribution >= 4 is 29.7 Å². The van der Waals surface area contributed by atoms with Gasteiger partial charge in [-0.15, -0.1) is 0 Å². The second kappa shape index (κ2) is 12.0. The molecule has 30 heavy (non-hydrogen) atoms. The van der Waals surface area contributed by atoms with Crippen LogP contribution in [0.1, 0.15) is 25.0 Å². The Labute approximate surface area is 171 Å². The molecule has 0 radical (unpaired) electrons. The molecule has 14 nitrogen and oxygen atoms in total. The molecule has 0 unspecified atom stereocenters. The minimum Gasteiger partial charge on any atom is -0.480 e. The maximum atomic E-state index is 12.6. The van der Waals surface area contributed by atoms with Gasteiger partial charge >= 0.3 is 5.97 Å². The number of hydrogen-bond acceptors (Lipinski definition) is 7. The lowest BCUT2D eigenvalue weighted by Crippen LogP contribution is -2.55. The number of guanidine groups is 1. The van der Waals surface area contributed by atoms with Crippen molar-refractivity contribution < 1.29 is 24.3 Å². The summed E-state index contributed by atoms with van der Waals surface area (Å²) in [6.45, 7) is 0.186. The van der Waals surface area contributed by atoms with Crippen LogP contribution in [-0.2, 0) is 25.6 Å². The van der Waals surface area contributed by atoms with Crippen LogP contribution in [0.25, 0.3) is 0 Å². The number of hydrogen-bond donors (Lipinski definition) is 8. The van der Waals surface area contributed by atoms with Gasteiger partial charge in [0.1, 0.15) is 12.1 Å². The Balaban J connectivity index is 2.81. The van der Waals surface area contributed by atoms with Crippen molar-refractivity contribution in [1.82, 2.24) is 20.6 Å². The monoisotopic (exact) mass is 425 g/mol. The van der Waals surface area contributed by atoms with Gasteiger partial charge in [0.2, 0.25) is 17.7 Å². The average Bonchev–Trinajstić information content (AvgIpc) is 3.15. The van der Waals surface area contributed by atoms with Crippen LogP contribution >= 0.6 is 0 Å². The van der Waals surface area contributed by atoms with Gasteiger partial charge in [-0.05, 0) is 12.8 Å². The minimum atomic E-state index is -1.54. The number of carboxylic acids is 1. The number of H-pyrrole nitrogens is 1. The summed E-state index contributed by atoms with van der Waals surface area (Å²) in [7, 11) is 0. The molecular weight excluding hydrogens is 398 g/mol. The number of carbonyl (C=O) groups excluding carboxylic acids is 3. The number of nitrogens with two attached hydrogens (primary N) is 4. The molecule has 3 amide bonds. The summed E-state index contributed by atoms with van der Waals surface area (Å²) in [5, 5.41) is 13.8. The first kappa shape index (κ1) is 24.4. The van der Waals surface area contributed by atoms with Crippen molar-refractivity contribution in [2.24, 2.45) is 27.9 Å². The van der Waals surface area contributed by atoms with E-state index in [1.165, 1.54) is 12.5 Å². The molecule has 14 heteroatoms. The second-order valence-electron chi connectivity index (χ2n) is 6.47. The molecule has 1 aromatic heterocycles. The molecule has 0 aliphatic heterocycles. The van der Waals surface area contributed by atoms with Crippen LogP contribution in [0.3, 0.4) is 0 Å². The predicted octanol–water partition coefficient (Wildman–Crippen LogP) is -3.74. The number of carboxylic acid groups (broad SMARTS) is 1. The summed E-state index contributed by atoms with van der Waals surface area (Å²) in [5.41, 5.74) is 22.0. The van der Waals surface area contributed by atoms with Crippen LogP contribution in [0.15, 0.2) is 17.5 Å². The van der Waals surface area contributed by atoms with Gasteiger partial charge < -0.3 is 43.7 Å². The van der Waals surface area contributed by atoms with Crippen LogP contribution in [0, 0.1) is 0 Å². The van der Waals surface area contributed by atoms with Crippen molar-refractivity contribution in [3.8, 4) is 0 Å². The number of rotatable bonds is 13. The first-order chi connectivity index (χ1) is 14.1. The lowest BCUT2D eigenvalue weighted by Gasteiger charge is -2.22. The minimum absolute atomic E-state index is 0.0913. The molecule has 0 bridgehead atoms. The highest BCUT2D eigenvalue weighted by molar-refractivity contribution is 5.93. The maximum Gasteiger partial charge on any atom is 0.326 e. The molecule has 3 atom stereocenters. The first-order valence-corrected chi connectivity index (χ1v) is 9.00. The van der Waals surface area contributed by atoms with Crippen LogP contribution in [0.4, 0.5) is 0 Å². The van der Waals surface area contributed by atoms with E-state index in [9.17, 15) is 19.2 Å². The van der Waals surface area contributed by atoms with Gasteiger partial charge in [0, 0.05) is 24.9 Å². The van der Waals surface area contributed by atoms with E-state index in [1.54, 1.807) is 0 Å². The van der Waals surface area contributed by atoms with E-state index in [2.05, 4.69) is 25.6 Å². The van der Waals surface area contributed by atoms with Crippen molar-refractivity contribution in [2.45, 2.75) is 43.8 Å². The van der Waals surface area contributed by atoms with E-state index in [4.69, 9.17) is 28.0 Å². The lowest BCUT2D eigenvalue weighted by molar-refractivity contribution is -0.143. The summed E-state index contributed by atoms with van der Waals surface area (Å²) >= 11 is 0. The van der Waals surface area contributed by atoms with Crippen LogP contribution in [0.5, 0.6) is 0 Å².